The van der Waals surface area contributed by atoms with Crippen LogP contribution < -0.4 is 5.32 Å². The molecule has 1 atom stereocenters. The summed E-state index contributed by atoms with van der Waals surface area (Å²) in [6.45, 7) is 9.19. The van der Waals surface area contributed by atoms with Gasteiger partial charge in [0, 0.05) is 19.5 Å². The first-order valence-corrected chi connectivity index (χ1v) is 12.1. The summed E-state index contributed by atoms with van der Waals surface area (Å²) in [6.07, 6.45) is 1.58. The zero-order valence-electron chi connectivity index (χ0n) is 20.8. The van der Waals surface area contributed by atoms with E-state index in [1.54, 1.807) is 4.90 Å². The van der Waals surface area contributed by atoms with Gasteiger partial charge in [0.15, 0.2) is 0 Å². The number of hydrogen-bond acceptors (Lipinski definition) is 2. The highest BCUT2D eigenvalue weighted by Crippen LogP contribution is 2.19. The van der Waals surface area contributed by atoms with Gasteiger partial charge in [-0.15, -0.1) is 0 Å². The van der Waals surface area contributed by atoms with Crippen molar-refractivity contribution in [3.05, 3.63) is 106 Å². The molecule has 3 aromatic rings. The van der Waals surface area contributed by atoms with Crippen LogP contribution in [0, 0.1) is 20.8 Å². The van der Waals surface area contributed by atoms with Crippen molar-refractivity contribution in [3.8, 4) is 0 Å². The Bertz CT molecular complexity index is 1110. The third-order valence-corrected chi connectivity index (χ3v) is 6.35. The molecule has 0 fully saturated rings. The maximum absolute atomic E-state index is 13.8. The summed E-state index contributed by atoms with van der Waals surface area (Å²) in [6, 6.07) is 23.5. The van der Waals surface area contributed by atoms with Gasteiger partial charge in [0.1, 0.15) is 6.04 Å². The lowest BCUT2D eigenvalue weighted by molar-refractivity contribution is -0.140. The van der Waals surface area contributed by atoms with Gasteiger partial charge >= 0.3 is 0 Å². The molecule has 0 bridgehead atoms. The Hall–Kier alpha value is -3.40. The molecule has 178 valence electrons. The highest BCUT2D eigenvalue weighted by atomic mass is 16.2. The fourth-order valence-electron chi connectivity index (χ4n) is 4.08. The van der Waals surface area contributed by atoms with Gasteiger partial charge in [-0.25, -0.2) is 0 Å². The Kier molecular flexibility index (Phi) is 9.03. The lowest BCUT2D eigenvalue weighted by Crippen LogP contribution is -2.51. The van der Waals surface area contributed by atoms with Gasteiger partial charge < -0.3 is 10.2 Å². The monoisotopic (exact) mass is 456 g/mol. The van der Waals surface area contributed by atoms with Crippen LogP contribution in [0.3, 0.4) is 0 Å². The Balaban J connectivity index is 1.97. The highest BCUT2D eigenvalue weighted by molar-refractivity contribution is 5.88. The number of carbonyl (C=O) groups is 2. The number of nitrogens with zero attached hydrogens (tertiary/aromatic N) is 1. The molecular weight excluding hydrogens is 420 g/mol. The van der Waals surface area contributed by atoms with Crippen molar-refractivity contribution in [1.82, 2.24) is 10.2 Å². The largest absolute Gasteiger partial charge is 0.354 e. The van der Waals surface area contributed by atoms with Gasteiger partial charge in [-0.3, -0.25) is 9.59 Å². The summed E-state index contributed by atoms with van der Waals surface area (Å²) < 4.78 is 0. The van der Waals surface area contributed by atoms with Crippen molar-refractivity contribution in [2.75, 3.05) is 6.54 Å². The molecule has 4 heteroatoms. The number of amides is 2. The van der Waals surface area contributed by atoms with Crippen LogP contribution in [0.4, 0.5) is 0 Å². The second-order valence-electron chi connectivity index (χ2n) is 9.04. The number of carbonyl (C=O) groups excluding carboxylic acids is 2. The maximum atomic E-state index is 13.8. The van der Waals surface area contributed by atoms with E-state index < -0.39 is 6.04 Å². The number of aryl methyl sites for hydroxylation is 3. The normalized spacial score (nSPS) is 11.6. The summed E-state index contributed by atoms with van der Waals surface area (Å²) >= 11 is 0. The van der Waals surface area contributed by atoms with E-state index in [0.29, 0.717) is 19.5 Å². The maximum Gasteiger partial charge on any atom is 0.243 e. The van der Waals surface area contributed by atoms with Crippen LogP contribution in [0.25, 0.3) is 0 Å². The lowest BCUT2D eigenvalue weighted by atomic mass is 9.99. The molecule has 0 aliphatic heterocycles. The Morgan fingerprint density at radius 2 is 1.53 bits per heavy atom. The molecule has 34 heavy (non-hydrogen) atoms. The van der Waals surface area contributed by atoms with E-state index in [4.69, 9.17) is 0 Å². The summed E-state index contributed by atoms with van der Waals surface area (Å²) in [7, 11) is 0. The molecule has 0 saturated carbocycles. The second kappa shape index (κ2) is 12.2. The smallest absolute Gasteiger partial charge is 0.243 e. The van der Waals surface area contributed by atoms with Crippen molar-refractivity contribution in [2.24, 2.45) is 0 Å². The molecule has 0 spiro atoms. The zero-order valence-corrected chi connectivity index (χ0v) is 20.8. The number of benzene rings is 3. The number of hydrogen-bond donors (Lipinski definition) is 1. The quantitative estimate of drug-likeness (QED) is 0.449. The van der Waals surface area contributed by atoms with Crippen LogP contribution in [-0.4, -0.2) is 29.3 Å². The fourth-order valence-corrected chi connectivity index (χ4v) is 4.08. The summed E-state index contributed by atoms with van der Waals surface area (Å²) in [5.74, 6) is -0.146. The van der Waals surface area contributed by atoms with Gasteiger partial charge in [0.05, 0.1) is 6.42 Å². The molecule has 0 unspecified atom stereocenters. The van der Waals surface area contributed by atoms with E-state index in [9.17, 15) is 9.59 Å². The molecule has 3 rings (SSSR count). The van der Waals surface area contributed by atoms with Crippen LogP contribution in [-0.2, 0) is 29.0 Å². The first kappa shape index (κ1) is 25.2. The van der Waals surface area contributed by atoms with Crippen molar-refractivity contribution in [1.29, 1.82) is 0 Å². The highest BCUT2D eigenvalue weighted by Gasteiger charge is 2.30. The van der Waals surface area contributed by atoms with Gasteiger partial charge in [0.2, 0.25) is 11.8 Å². The molecule has 0 radical (unpaired) electrons. The molecular formula is C30H36N2O2. The molecule has 4 nitrogen and oxygen atoms in total. The number of rotatable bonds is 10. The fraction of sp³-hybridized carbons (Fsp3) is 0.333. The molecule has 3 aromatic carbocycles. The van der Waals surface area contributed by atoms with E-state index in [2.05, 4.69) is 31.3 Å². The van der Waals surface area contributed by atoms with Crippen LogP contribution >= 0.6 is 0 Å². The minimum absolute atomic E-state index is 0.0425. The lowest BCUT2D eigenvalue weighted by Gasteiger charge is -2.32. The van der Waals surface area contributed by atoms with Gasteiger partial charge in [-0.05, 0) is 60.6 Å². The third-order valence-electron chi connectivity index (χ3n) is 6.35. The minimum atomic E-state index is -0.590. The first-order valence-electron chi connectivity index (χ1n) is 12.1. The molecule has 0 aliphatic rings. The van der Waals surface area contributed by atoms with Gasteiger partial charge in [-0.1, -0.05) is 79.7 Å². The van der Waals surface area contributed by atoms with Crippen molar-refractivity contribution in [3.63, 3.8) is 0 Å². The predicted molar refractivity (Wildman–Crippen MR) is 139 cm³/mol. The van der Waals surface area contributed by atoms with E-state index in [1.165, 1.54) is 5.56 Å². The Morgan fingerprint density at radius 3 is 2.21 bits per heavy atom. The summed E-state index contributed by atoms with van der Waals surface area (Å²) in [4.78, 5) is 28.9. The molecule has 2 amide bonds. The SMILES string of the molecule is CCCNC(=O)[C@@H](Cc1ccccc1)N(Cc1ccccc1C)C(=O)Cc1ccc(C)c(C)c1. The number of nitrogens with one attached hydrogen (secondary N) is 1. The van der Waals surface area contributed by atoms with Crippen LogP contribution in [0.5, 0.6) is 0 Å². The topological polar surface area (TPSA) is 49.4 Å². The molecule has 0 heterocycles. The summed E-state index contributed by atoms with van der Waals surface area (Å²) in [5.41, 5.74) is 6.53. The minimum Gasteiger partial charge on any atom is -0.354 e. The molecule has 0 aliphatic carbocycles. The third kappa shape index (κ3) is 6.80. The Morgan fingerprint density at radius 1 is 0.824 bits per heavy atom. The first-order chi connectivity index (χ1) is 16.4. The van der Waals surface area contributed by atoms with Crippen LogP contribution in [0.2, 0.25) is 0 Å². The zero-order chi connectivity index (χ0) is 24.5. The molecule has 0 aromatic heterocycles. The van der Waals surface area contributed by atoms with E-state index >= 15 is 0 Å². The summed E-state index contributed by atoms with van der Waals surface area (Å²) in [5, 5.41) is 3.04. The Labute approximate surface area is 204 Å². The predicted octanol–water partition coefficient (Wildman–Crippen LogP) is 5.32. The molecule has 1 N–H and O–H groups in total. The standard InChI is InChI=1S/C30H36N2O2/c1-5-17-31-30(34)28(19-25-12-7-6-8-13-25)32(21-27-14-10-9-11-23(27)3)29(33)20-26-16-15-22(2)24(4)18-26/h6-16,18,28H,5,17,19-21H2,1-4H3,(H,31,34)/t28-/m1/s1. The van der Waals surface area contributed by atoms with Crippen molar-refractivity contribution in [2.45, 2.75) is 59.5 Å². The van der Waals surface area contributed by atoms with Crippen LogP contribution in [0.15, 0.2) is 72.8 Å². The van der Waals surface area contributed by atoms with E-state index in [1.807, 2.05) is 74.5 Å². The van der Waals surface area contributed by atoms with E-state index in [0.717, 1.165) is 34.2 Å². The average molecular weight is 457 g/mol. The van der Waals surface area contributed by atoms with Gasteiger partial charge in [-0.2, -0.15) is 0 Å². The molecule has 0 saturated heterocycles. The van der Waals surface area contributed by atoms with Gasteiger partial charge in [0.25, 0.3) is 0 Å². The van der Waals surface area contributed by atoms with Crippen molar-refractivity contribution < 1.29 is 9.59 Å². The average Bonchev–Trinajstić information content (AvgIpc) is 2.83. The van der Waals surface area contributed by atoms with Crippen LogP contribution in [0.1, 0.15) is 46.7 Å². The van der Waals surface area contributed by atoms with Crippen molar-refractivity contribution >= 4 is 11.8 Å². The second-order valence-corrected chi connectivity index (χ2v) is 9.04. The van der Waals surface area contributed by atoms with E-state index in [-0.39, 0.29) is 18.2 Å².